The zero-order chi connectivity index (χ0) is 19.7. The van der Waals surface area contributed by atoms with Crippen LogP contribution in [0.15, 0.2) is 0 Å². The molecular weight excluding hydrogens is 342 g/mol. The van der Waals surface area contributed by atoms with Crippen LogP contribution in [0.3, 0.4) is 0 Å². The lowest BCUT2D eigenvalue weighted by molar-refractivity contribution is -0.154. The van der Waals surface area contributed by atoms with Crippen molar-refractivity contribution in [2.45, 2.75) is 58.3 Å². The summed E-state index contributed by atoms with van der Waals surface area (Å²) in [5.74, 6) is -2.10. The molecule has 1 amide bonds. The van der Waals surface area contributed by atoms with Gasteiger partial charge in [0, 0.05) is 25.4 Å². The van der Waals surface area contributed by atoms with Gasteiger partial charge in [0.15, 0.2) is 0 Å². The number of alkyl carbamates (subject to hydrolysis) is 1. The first-order valence-electron chi connectivity index (χ1n) is 8.99. The molecule has 0 spiro atoms. The Morgan fingerprint density at radius 1 is 1.12 bits per heavy atom. The second kappa shape index (κ2) is 7.42. The van der Waals surface area contributed by atoms with E-state index in [1.807, 2.05) is 0 Å². The summed E-state index contributed by atoms with van der Waals surface area (Å²) in [4.78, 5) is 37.5. The number of hydrogen-bond donors (Lipinski definition) is 1. The Bertz CT molecular complexity index is 570. The lowest BCUT2D eigenvalue weighted by Gasteiger charge is -2.32. The fourth-order valence-electron chi connectivity index (χ4n) is 3.95. The van der Waals surface area contributed by atoms with Gasteiger partial charge in [0.05, 0.1) is 25.2 Å². The van der Waals surface area contributed by atoms with Crippen molar-refractivity contribution in [3.05, 3.63) is 0 Å². The molecule has 8 heteroatoms. The van der Waals surface area contributed by atoms with Crippen molar-refractivity contribution in [3.63, 3.8) is 0 Å². The van der Waals surface area contributed by atoms with Crippen LogP contribution >= 0.6 is 0 Å². The van der Waals surface area contributed by atoms with Crippen molar-refractivity contribution >= 4 is 18.0 Å². The minimum atomic E-state index is -1.36. The van der Waals surface area contributed by atoms with Crippen LogP contribution in [0.25, 0.3) is 0 Å². The van der Waals surface area contributed by atoms with Crippen molar-refractivity contribution in [2.24, 2.45) is 17.8 Å². The summed E-state index contributed by atoms with van der Waals surface area (Å²) in [6, 6.07) is 0. The fourth-order valence-corrected chi connectivity index (χ4v) is 3.95. The number of ether oxygens (including phenoxy) is 4. The van der Waals surface area contributed by atoms with Gasteiger partial charge in [0.25, 0.3) is 0 Å². The van der Waals surface area contributed by atoms with E-state index in [9.17, 15) is 14.4 Å². The van der Waals surface area contributed by atoms with Crippen molar-refractivity contribution in [3.8, 4) is 0 Å². The summed E-state index contributed by atoms with van der Waals surface area (Å²) in [5, 5.41) is 2.69. The molecule has 5 atom stereocenters. The Balaban J connectivity index is 2.30. The van der Waals surface area contributed by atoms with E-state index in [1.54, 1.807) is 34.6 Å². The molecule has 2 fully saturated rings. The van der Waals surface area contributed by atoms with Gasteiger partial charge < -0.3 is 24.3 Å². The number of amides is 1. The van der Waals surface area contributed by atoms with Gasteiger partial charge in [-0.15, -0.1) is 0 Å². The van der Waals surface area contributed by atoms with Crippen LogP contribution in [0.5, 0.6) is 0 Å². The molecule has 2 aliphatic carbocycles. The predicted molar refractivity (Wildman–Crippen MR) is 91.3 cm³/mol. The van der Waals surface area contributed by atoms with Crippen molar-refractivity contribution in [2.75, 3.05) is 20.3 Å². The van der Waals surface area contributed by atoms with E-state index < -0.39 is 35.0 Å². The van der Waals surface area contributed by atoms with E-state index in [2.05, 4.69) is 5.32 Å². The molecule has 26 heavy (non-hydrogen) atoms. The van der Waals surface area contributed by atoms with E-state index in [4.69, 9.17) is 18.9 Å². The van der Waals surface area contributed by atoms with E-state index in [-0.39, 0.29) is 37.6 Å². The van der Waals surface area contributed by atoms with Crippen LogP contribution in [0.2, 0.25) is 0 Å². The van der Waals surface area contributed by atoms with E-state index in [0.717, 1.165) is 0 Å². The Labute approximate surface area is 153 Å². The van der Waals surface area contributed by atoms with Gasteiger partial charge in [-0.05, 0) is 34.6 Å². The molecule has 0 aliphatic heterocycles. The third-order valence-corrected chi connectivity index (χ3v) is 4.82. The second-order valence-corrected chi connectivity index (χ2v) is 7.68. The van der Waals surface area contributed by atoms with Crippen LogP contribution in [0.4, 0.5) is 4.79 Å². The third kappa shape index (κ3) is 3.79. The monoisotopic (exact) mass is 371 g/mol. The number of carbonyl (C=O) groups excluding carboxylic acids is 3. The SMILES string of the molecule is CCOC(=O)[C@@H]1[C@@H]2[C@@H]1[C@@](NC(=O)OC(C)(C)C)(C(=O)OCC)C[C@H]2OC. The van der Waals surface area contributed by atoms with Crippen LogP contribution in [-0.4, -0.2) is 55.6 Å². The minimum absolute atomic E-state index is 0.162. The van der Waals surface area contributed by atoms with Gasteiger partial charge >= 0.3 is 18.0 Å². The van der Waals surface area contributed by atoms with Gasteiger partial charge in [-0.25, -0.2) is 9.59 Å². The largest absolute Gasteiger partial charge is 0.466 e. The minimum Gasteiger partial charge on any atom is -0.466 e. The molecule has 8 nitrogen and oxygen atoms in total. The molecule has 2 saturated carbocycles. The van der Waals surface area contributed by atoms with Gasteiger partial charge in [0.2, 0.25) is 0 Å². The summed E-state index contributed by atoms with van der Waals surface area (Å²) in [5.41, 5.74) is -2.08. The first kappa shape index (κ1) is 20.5. The summed E-state index contributed by atoms with van der Waals surface area (Å²) >= 11 is 0. The molecule has 148 valence electrons. The lowest BCUT2D eigenvalue weighted by atomic mass is 9.89. The summed E-state index contributed by atoms with van der Waals surface area (Å²) in [7, 11) is 1.52. The number of nitrogens with one attached hydrogen (secondary N) is 1. The van der Waals surface area contributed by atoms with Crippen LogP contribution in [0, 0.1) is 17.8 Å². The zero-order valence-corrected chi connectivity index (χ0v) is 16.3. The molecule has 0 unspecified atom stereocenters. The molecule has 2 aliphatic rings. The smallest absolute Gasteiger partial charge is 0.408 e. The first-order chi connectivity index (χ1) is 12.1. The normalized spacial score (nSPS) is 32.4. The molecular formula is C18H29NO7. The maximum Gasteiger partial charge on any atom is 0.408 e. The number of carbonyl (C=O) groups is 3. The predicted octanol–water partition coefficient (Wildman–Crippen LogP) is 1.66. The van der Waals surface area contributed by atoms with Crippen LogP contribution in [-0.2, 0) is 28.5 Å². The average molecular weight is 371 g/mol. The Hall–Kier alpha value is -1.83. The highest BCUT2D eigenvalue weighted by atomic mass is 16.6. The van der Waals surface area contributed by atoms with Crippen LogP contribution in [0.1, 0.15) is 41.0 Å². The first-order valence-corrected chi connectivity index (χ1v) is 8.99. The Morgan fingerprint density at radius 3 is 2.23 bits per heavy atom. The summed E-state index contributed by atoms with van der Waals surface area (Å²) in [6.07, 6.45) is -0.850. The van der Waals surface area contributed by atoms with Crippen molar-refractivity contribution < 1.29 is 33.3 Å². The summed E-state index contributed by atoms with van der Waals surface area (Å²) < 4.78 is 21.1. The summed E-state index contributed by atoms with van der Waals surface area (Å²) in [6.45, 7) is 9.02. The molecule has 0 aromatic carbocycles. The number of hydrogen-bond acceptors (Lipinski definition) is 7. The number of esters is 2. The fraction of sp³-hybridized carbons (Fsp3) is 0.833. The molecule has 0 aromatic rings. The van der Waals surface area contributed by atoms with Crippen LogP contribution < -0.4 is 5.32 Å². The van der Waals surface area contributed by atoms with Crippen molar-refractivity contribution in [1.82, 2.24) is 5.32 Å². The highest BCUT2D eigenvalue weighted by Crippen LogP contribution is 2.63. The molecule has 0 radical (unpaired) electrons. The maximum absolute atomic E-state index is 12.8. The lowest BCUT2D eigenvalue weighted by Crippen LogP contribution is -2.58. The standard InChI is InChI=1S/C18H29NO7/c1-7-24-14(20)12-11-10(23-6)9-18(13(11)12,15(21)25-8-2)19-16(22)26-17(3,4)5/h10-13H,7-9H2,1-6H3,(H,19,22)/t10-,11-,12-,13+,18-/m1/s1. The second-order valence-electron chi connectivity index (χ2n) is 7.68. The molecule has 0 aromatic heterocycles. The van der Waals surface area contributed by atoms with Gasteiger partial charge in [-0.2, -0.15) is 0 Å². The number of fused-ring (bicyclic) bond motifs is 1. The molecule has 1 N–H and O–H groups in total. The van der Waals surface area contributed by atoms with E-state index in [0.29, 0.717) is 0 Å². The maximum atomic E-state index is 12.8. The third-order valence-electron chi connectivity index (χ3n) is 4.82. The Morgan fingerprint density at radius 2 is 1.73 bits per heavy atom. The highest BCUT2D eigenvalue weighted by Gasteiger charge is 2.76. The number of rotatable bonds is 6. The van der Waals surface area contributed by atoms with E-state index >= 15 is 0 Å². The van der Waals surface area contributed by atoms with Gasteiger partial charge in [-0.1, -0.05) is 0 Å². The molecule has 0 heterocycles. The number of methoxy groups -OCH3 is 1. The van der Waals surface area contributed by atoms with Crippen molar-refractivity contribution in [1.29, 1.82) is 0 Å². The molecule has 2 rings (SSSR count). The molecule has 0 saturated heterocycles. The van der Waals surface area contributed by atoms with E-state index in [1.165, 1.54) is 7.11 Å². The van der Waals surface area contributed by atoms with Gasteiger partial charge in [-0.3, -0.25) is 4.79 Å². The average Bonchev–Trinajstić information content (AvgIpc) is 3.18. The van der Waals surface area contributed by atoms with Gasteiger partial charge in [0.1, 0.15) is 11.1 Å². The topological polar surface area (TPSA) is 100 Å². The quantitative estimate of drug-likeness (QED) is 0.560. The Kier molecular flexibility index (Phi) is 5.85. The zero-order valence-electron chi connectivity index (χ0n) is 16.3. The highest BCUT2D eigenvalue weighted by molar-refractivity contribution is 5.90. The molecule has 0 bridgehead atoms.